The fourth-order valence-electron chi connectivity index (χ4n) is 5.60. The second-order valence-electron chi connectivity index (χ2n) is 7.03. The third kappa shape index (κ3) is 2.15. The standard InChI is InChI=1S/C16H24N2S/c1-17-14(9-15-18-2-3-19-15)16-12-5-10-4-11(7-12)8-13(16)6-10/h2-3,10-14,16-17H,4-9H2,1H3. The largest absolute Gasteiger partial charge is 0.316 e. The van der Waals surface area contributed by atoms with Gasteiger partial charge in [-0.3, -0.25) is 0 Å². The first-order valence-corrected chi connectivity index (χ1v) is 8.77. The number of hydrogen-bond acceptors (Lipinski definition) is 3. The van der Waals surface area contributed by atoms with Crippen LogP contribution < -0.4 is 5.32 Å². The maximum atomic E-state index is 4.49. The molecule has 1 aromatic rings. The lowest BCUT2D eigenvalue weighted by atomic mass is 9.50. The molecular formula is C16H24N2S. The Hall–Kier alpha value is -0.410. The monoisotopic (exact) mass is 276 g/mol. The molecule has 0 spiro atoms. The van der Waals surface area contributed by atoms with E-state index in [0.29, 0.717) is 6.04 Å². The van der Waals surface area contributed by atoms with E-state index in [1.165, 1.54) is 30.7 Å². The van der Waals surface area contributed by atoms with E-state index in [4.69, 9.17) is 0 Å². The highest BCUT2D eigenvalue weighted by atomic mass is 32.1. The van der Waals surface area contributed by atoms with Gasteiger partial charge in [0.25, 0.3) is 0 Å². The van der Waals surface area contributed by atoms with Crippen LogP contribution in [0, 0.1) is 29.6 Å². The van der Waals surface area contributed by atoms with Crippen molar-refractivity contribution in [1.82, 2.24) is 10.3 Å². The van der Waals surface area contributed by atoms with Gasteiger partial charge in [-0.15, -0.1) is 11.3 Å². The van der Waals surface area contributed by atoms with E-state index in [-0.39, 0.29) is 0 Å². The van der Waals surface area contributed by atoms with Crippen LogP contribution in [0.5, 0.6) is 0 Å². The molecule has 1 N–H and O–H groups in total. The normalized spacial score (nSPS) is 41.6. The third-order valence-corrected chi connectivity index (χ3v) is 6.82. The quantitative estimate of drug-likeness (QED) is 0.912. The van der Waals surface area contributed by atoms with Crippen molar-refractivity contribution in [2.24, 2.45) is 29.6 Å². The molecule has 0 saturated heterocycles. The van der Waals surface area contributed by atoms with Crippen LogP contribution in [0.1, 0.15) is 37.1 Å². The molecule has 1 unspecified atom stereocenters. The molecule has 1 aromatic heterocycles. The molecule has 0 radical (unpaired) electrons. The summed E-state index contributed by atoms with van der Waals surface area (Å²) in [6, 6.07) is 0.654. The lowest BCUT2D eigenvalue weighted by Gasteiger charge is -2.56. The molecule has 19 heavy (non-hydrogen) atoms. The summed E-state index contributed by atoms with van der Waals surface area (Å²) in [5, 5.41) is 7.06. The fourth-order valence-corrected chi connectivity index (χ4v) is 6.27. The van der Waals surface area contributed by atoms with Crippen molar-refractivity contribution in [3.05, 3.63) is 16.6 Å². The van der Waals surface area contributed by atoms with Crippen LogP contribution in [0.2, 0.25) is 0 Å². The van der Waals surface area contributed by atoms with E-state index in [0.717, 1.165) is 36.0 Å². The van der Waals surface area contributed by atoms with E-state index in [2.05, 4.69) is 22.7 Å². The van der Waals surface area contributed by atoms with Crippen LogP contribution >= 0.6 is 11.3 Å². The average molecular weight is 276 g/mol. The van der Waals surface area contributed by atoms with Gasteiger partial charge in [0.2, 0.25) is 0 Å². The Balaban J connectivity index is 1.53. The summed E-state index contributed by atoms with van der Waals surface area (Å²) in [6.07, 6.45) is 10.7. The molecule has 4 saturated carbocycles. The highest BCUT2D eigenvalue weighted by Crippen LogP contribution is 2.57. The molecular weight excluding hydrogens is 252 g/mol. The topological polar surface area (TPSA) is 24.9 Å². The lowest BCUT2D eigenvalue weighted by Crippen LogP contribution is -2.53. The van der Waals surface area contributed by atoms with E-state index in [1.807, 2.05) is 17.5 Å². The van der Waals surface area contributed by atoms with Crippen LogP contribution in [-0.4, -0.2) is 18.1 Å². The summed E-state index contributed by atoms with van der Waals surface area (Å²) in [5.74, 6) is 5.09. The molecule has 4 bridgehead atoms. The summed E-state index contributed by atoms with van der Waals surface area (Å²) in [4.78, 5) is 4.49. The SMILES string of the molecule is CNC(Cc1nccs1)C1C2CC3CC(C2)CC1C3. The first-order valence-electron chi connectivity index (χ1n) is 7.89. The number of rotatable bonds is 4. The summed E-state index contributed by atoms with van der Waals surface area (Å²) in [5.41, 5.74) is 0. The van der Waals surface area contributed by atoms with Crippen LogP contribution in [0.25, 0.3) is 0 Å². The highest BCUT2D eigenvalue weighted by Gasteiger charge is 2.50. The molecule has 0 aliphatic heterocycles. The van der Waals surface area contributed by atoms with Gasteiger partial charge in [-0.25, -0.2) is 4.98 Å². The molecule has 1 atom stereocenters. The van der Waals surface area contributed by atoms with Gasteiger partial charge in [0.15, 0.2) is 0 Å². The van der Waals surface area contributed by atoms with Crippen molar-refractivity contribution in [2.45, 2.75) is 44.6 Å². The Bertz CT molecular complexity index is 400. The molecule has 0 amide bonds. The van der Waals surface area contributed by atoms with Crippen molar-refractivity contribution in [3.63, 3.8) is 0 Å². The summed E-state index contributed by atoms with van der Waals surface area (Å²) in [7, 11) is 2.16. The maximum absolute atomic E-state index is 4.49. The second-order valence-corrected chi connectivity index (χ2v) is 8.01. The molecule has 4 aliphatic carbocycles. The Kier molecular flexibility index (Phi) is 3.15. The van der Waals surface area contributed by atoms with Crippen molar-refractivity contribution >= 4 is 11.3 Å². The fraction of sp³-hybridized carbons (Fsp3) is 0.812. The number of nitrogens with one attached hydrogen (secondary N) is 1. The van der Waals surface area contributed by atoms with Gasteiger partial charge in [-0.2, -0.15) is 0 Å². The number of likely N-dealkylation sites (N-methyl/N-ethyl adjacent to an activating group) is 1. The van der Waals surface area contributed by atoms with Crippen LogP contribution in [0.4, 0.5) is 0 Å². The minimum absolute atomic E-state index is 0.654. The molecule has 4 fully saturated rings. The number of aromatic nitrogens is 1. The second kappa shape index (κ2) is 4.85. The zero-order chi connectivity index (χ0) is 12.8. The van der Waals surface area contributed by atoms with Gasteiger partial charge in [0.1, 0.15) is 0 Å². The van der Waals surface area contributed by atoms with Crippen molar-refractivity contribution < 1.29 is 0 Å². The minimum Gasteiger partial charge on any atom is -0.316 e. The summed E-state index contributed by atoms with van der Waals surface area (Å²) < 4.78 is 0. The highest BCUT2D eigenvalue weighted by molar-refractivity contribution is 7.09. The van der Waals surface area contributed by atoms with Gasteiger partial charge in [0.05, 0.1) is 5.01 Å². The Morgan fingerprint density at radius 3 is 2.42 bits per heavy atom. The number of nitrogens with zero attached hydrogens (tertiary/aromatic N) is 1. The molecule has 5 rings (SSSR count). The van der Waals surface area contributed by atoms with E-state index < -0.39 is 0 Å². The number of hydrogen-bond donors (Lipinski definition) is 1. The van der Waals surface area contributed by atoms with Gasteiger partial charge < -0.3 is 5.32 Å². The molecule has 1 heterocycles. The molecule has 104 valence electrons. The van der Waals surface area contributed by atoms with Gasteiger partial charge in [-0.1, -0.05) is 0 Å². The van der Waals surface area contributed by atoms with Crippen LogP contribution in [0.15, 0.2) is 11.6 Å². The first-order chi connectivity index (χ1) is 9.33. The first kappa shape index (κ1) is 12.3. The predicted octanol–water partition coefficient (Wildman–Crippen LogP) is 3.35. The Morgan fingerprint density at radius 1 is 1.21 bits per heavy atom. The van der Waals surface area contributed by atoms with Gasteiger partial charge >= 0.3 is 0 Å². The van der Waals surface area contributed by atoms with E-state index >= 15 is 0 Å². The third-order valence-electron chi connectivity index (χ3n) is 6.01. The maximum Gasteiger partial charge on any atom is 0.0940 e. The lowest BCUT2D eigenvalue weighted by molar-refractivity contribution is -0.0507. The summed E-state index contributed by atoms with van der Waals surface area (Å²) >= 11 is 1.82. The summed E-state index contributed by atoms with van der Waals surface area (Å²) in [6.45, 7) is 0. The smallest absolute Gasteiger partial charge is 0.0940 e. The zero-order valence-corrected chi connectivity index (χ0v) is 12.5. The molecule has 0 aromatic carbocycles. The van der Waals surface area contributed by atoms with E-state index in [1.54, 1.807) is 6.42 Å². The van der Waals surface area contributed by atoms with Gasteiger partial charge in [-0.05, 0) is 68.7 Å². The predicted molar refractivity (Wildman–Crippen MR) is 79.2 cm³/mol. The minimum atomic E-state index is 0.654. The molecule has 3 heteroatoms. The van der Waals surface area contributed by atoms with Crippen LogP contribution in [0.3, 0.4) is 0 Å². The molecule has 4 aliphatic rings. The van der Waals surface area contributed by atoms with E-state index in [9.17, 15) is 0 Å². The number of thiazole rings is 1. The average Bonchev–Trinajstić information content (AvgIpc) is 2.89. The van der Waals surface area contributed by atoms with Gasteiger partial charge in [0, 0.05) is 24.0 Å². The zero-order valence-electron chi connectivity index (χ0n) is 11.7. The Labute approximate surface area is 120 Å². The van der Waals surface area contributed by atoms with Crippen molar-refractivity contribution in [3.8, 4) is 0 Å². The molecule has 2 nitrogen and oxygen atoms in total. The van der Waals surface area contributed by atoms with Crippen molar-refractivity contribution in [2.75, 3.05) is 7.05 Å². The Morgan fingerprint density at radius 2 is 1.89 bits per heavy atom. The van der Waals surface area contributed by atoms with Crippen molar-refractivity contribution in [1.29, 1.82) is 0 Å². The van der Waals surface area contributed by atoms with Crippen LogP contribution in [-0.2, 0) is 6.42 Å².